The number of hydrogen-bond acceptors (Lipinski definition) is 2. The Morgan fingerprint density at radius 1 is 1.00 bits per heavy atom. The van der Waals surface area contributed by atoms with Gasteiger partial charge >= 0.3 is 147 Å². The molecule has 130 valence electrons. The van der Waals surface area contributed by atoms with Crippen LogP contribution in [0.4, 0.5) is 0 Å². The van der Waals surface area contributed by atoms with Crippen molar-refractivity contribution in [3.05, 3.63) is 23.9 Å². The second-order valence-electron chi connectivity index (χ2n) is 6.60. The Morgan fingerprint density at radius 3 is 1.87 bits per heavy atom. The predicted molar refractivity (Wildman–Crippen MR) is 102 cm³/mol. The van der Waals surface area contributed by atoms with Crippen LogP contribution in [0.15, 0.2) is 18.3 Å². The topological polar surface area (TPSA) is 42.0 Å². The first-order chi connectivity index (χ1) is 11.1. The molecule has 0 aliphatic heterocycles. The van der Waals surface area contributed by atoms with E-state index in [1.807, 2.05) is 6.07 Å². The summed E-state index contributed by atoms with van der Waals surface area (Å²) in [5.41, 5.74) is 0.679. The molecule has 0 bridgehead atoms. The van der Waals surface area contributed by atoms with Gasteiger partial charge in [-0.15, -0.1) is 0 Å². The van der Waals surface area contributed by atoms with Gasteiger partial charge in [0, 0.05) is 0 Å². The zero-order valence-electron chi connectivity index (χ0n) is 15.5. The molecule has 23 heavy (non-hydrogen) atoms. The van der Waals surface area contributed by atoms with E-state index >= 15 is 0 Å². The molecule has 0 fully saturated rings. The normalized spacial score (nSPS) is 11.5. The molecule has 0 atom stereocenters. The number of hydrogen-bond donors (Lipinski definition) is 1. The third-order valence-electron chi connectivity index (χ3n) is 4.82. The Balaban J connectivity index is 3.09. The molecule has 1 amide bonds. The van der Waals surface area contributed by atoms with Crippen LogP contribution in [0, 0.1) is 0 Å². The van der Waals surface area contributed by atoms with Gasteiger partial charge in [0.15, 0.2) is 0 Å². The van der Waals surface area contributed by atoms with Gasteiger partial charge in [0.05, 0.1) is 0 Å². The fourth-order valence-corrected chi connectivity index (χ4v) is 18.7. The molecule has 0 aliphatic carbocycles. The molecule has 0 radical (unpaired) electrons. The maximum atomic E-state index is 11.8. The van der Waals surface area contributed by atoms with Crippen LogP contribution >= 0.6 is 0 Å². The summed E-state index contributed by atoms with van der Waals surface area (Å²) in [6, 6.07) is 4.16. The van der Waals surface area contributed by atoms with Crippen molar-refractivity contribution in [1.82, 2.24) is 10.3 Å². The van der Waals surface area contributed by atoms with Crippen molar-refractivity contribution >= 4 is 28.0 Å². The van der Waals surface area contributed by atoms with Gasteiger partial charge in [0.1, 0.15) is 0 Å². The van der Waals surface area contributed by atoms with Crippen LogP contribution in [0.25, 0.3) is 0 Å². The molecule has 0 spiro atoms. The third kappa shape index (κ3) is 6.09. The second kappa shape index (κ2) is 11.1. The second-order valence-corrected chi connectivity index (χ2v) is 19.7. The Morgan fingerprint density at radius 2 is 1.52 bits per heavy atom. The van der Waals surface area contributed by atoms with Crippen LogP contribution in [0.5, 0.6) is 0 Å². The van der Waals surface area contributed by atoms with E-state index in [0.717, 1.165) is 0 Å². The first-order valence-electron chi connectivity index (χ1n) is 9.32. The van der Waals surface area contributed by atoms with Crippen LogP contribution in [-0.2, 0) is 0 Å². The Kier molecular flexibility index (Phi) is 9.84. The summed E-state index contributed by atoms with van der Waals surface area (Å²) in [6.07, 6.45) is 9.62. The Labute approximate surface area is 146 Å². The molecule has 1 rings (SSSR count). The number of pyridine rings is 1. The molecule has 4 heteroatoms. The fraction of sp³-hybridized carbons (Fsp3) is 0.684. The molecule has 3 nitrogen and oxygen atoms in total. The first-order valence-corrected chi connectivity index (χ1v) is 16.8. The van der Waals surface area contributed by atoms with Gasteiger partial charge in [-0.1, -0.05) is 0 Å². The summed E-state index contributed by atoms with van der Waals surface area (Å²) < 4.78 is 5.63. The van der Waals surface area contributed by atoms with Crippen LogP contribution in [0.3, 0.4) is 0 Å². The van der Waals surface area contributed by atoms with E-state index in [0.29, 0.717) is 5.56 Å². The van der Waals surface area contributed by atoms with E-state index in [4.69, 9.17) is 4.98 Å². The zero-order valence-corrected chi connectivity index (χ0v) is 18.3. The van der Waals surface area contributed by atoms with Gasteiger partial charge in [-0.3, -0.25) is 0 Å². The molecule has 1 heterocycles. The summed E-state index contributed by atoms with van der Waals surface area (Å²) in [4.78, 5) is 16.6. The SMILES string of the molecule is CCC[CH2][Sn]([CH2]CCC)([CH2]CCC)[c]1ccc(C(=O)NC)cn1. The van der Waals surface area contributed by atoms with Crippen LogP contribution < -0.4 is 9.03 Å². The van der Waals surface area contributed by atoms with Gasteiger partial charge in [-0.2, -0.15) is 0 Å². The van der Waals surface area contributed by atoms with Gasteiger partial charge in [0.2, 0.25) is 0 Å². The number of nitrogens with one attached hydrogen (secondary N) is 1. The van der Waals surface area contributed by atoms with E-state index in [9.17, 15) is 4.79 Å². The van der Waals surface area contributed by atoms with Gasteiger partial charge in [-0.25, -0.2) is 0 Å². The first kappa shape index (κ1) is 20.5. The third-order valence-corrected chi connectivity index (χ3v) is 20.0. The number of nitrogens with zero attached hydrogens (tertiary/aromatic N) is 1. The van der Waals surface area contributed by atoms with E-state index in [1.165, 1.54) is 55.5 Å². The molecule has 1 aromatic rings. The number of carbonyl (C=O) groups is 1. The maximum absolute atomic E-state index is 11.8. The molecule has 1 N–H and O–H groups in total. The van der Waals surface area contributed by atoms with Crippen molar-refractivity contribution in [2.75, 3.05) is 7.05 Å². The van der Waals surface area contributed by atoms with Gasteiger partial charge in [-0.05, 0) is 0 Å². The number of rotatable bonds is 11. The average Bonchev–Trinajstić information content (AvgIpc) is 2.61. The molecular formula is C19H34N2OSn. The van der Waals surface area contributed by atoms with Crippen molar-refractivity contribution in [1.29, 1.82) is 0 Å². The van der Waals surface area contributed by atoms with Gasteiger partial charge in [0.25, 0.3) is 0 Å². The number of amides is 1. The van der Waals surface area contributed by atoms with E-state index < -0.39 is 18.4 Å². The van der Waals surface area contributed by atoms with Crippen LogP contribution in [-0.4, -0.2) is 36.3 Å². The Hall–Kier alpha value is -0.581. The molecule has 0 saturated heterocycles. The summed E-state index contributed by atoms with van der Waals surface area (Å²) >= 11 is -2.43. The van der Waals surface area contributed by atoms with Crippen molar-refractivity contribution in [2.45, 2.75) is 72.6 Å². The van der Waals surface area contributed by atoms with Crippen molar-refractivity contribution in [2.24, 2.45) is 0 Å². The predicted octanol–water partition coefficient (Wildman–Crippen LogP) is 4.50. The summed E-state index contributed by atoms with van der Waals surface area (Å²) in [6.45, 7) is 6.87. The quantitative estimate of drug-likeness (QED) is 0.531. The molecular weight excluding hydrogens is 391 g/mol. The summed E-state index contributed by atoms with van der Waals surface area (Å²) in [5, 5.41) is 2.68. The molecule has 0 aliphatic rings. The fourth-order valence-electron chi connectivity index (χ4n) is 3.29. The van der Waals surface area contributed by atoms with Crippen LogP contribution in [0.1, 0.15) is 69.7 Å². The van der Waals surface area contributed by atoms with E-state index in [1.54, 1.807) is 13.2 Å². The number of unbranched alkanes of at least 4 members (excludes halogenated alkanes) is 3. The van der Waals surface area contributed by atoms with Crippen molar-refractivity contribution in [3.63, 3.8) is 0 Å². The minimum absolute atomic E-state index is 0.0412. The monoisotopic (exact) mass is 426 g/mol. The van der Waals surface area contributed by atoms with Crippen molar-refractivity contribution < 1.29 is 4.79 Å². The summed E-state index contributed by atoms with van der Waals surface area (Å²) in [5.74, 6) is -0.0412. The van der Waals surface area contributed by atoms with Gasteiger partial charge < -0.3 is 0 Å². The number of carbonyl (C=O) groups excluding carboxylic acids is 1. The zero-order chi connectivity index (χ0) is 17.1. The molecule has 0 saturated carbocycles. The minimum atomic E-state index is -2.43. The van der Waals surface area contributed by atoms with E-state index in [2.05, 4.69) is 32.2 Å². The molecule has 1 aromatic heterocycles. The Bertz CT molecular complexity index is 437. The van der Waals surface area contributed by atoms with E-state index in [-0.39, 0.29) is 5.91 Å². The summed E-state index contributed by atoms with van der Waals surface area (Å²) in [7, 11) is 1.67. The van der Waals surface area contributed by atoms with Crippen molar-refractivity contribution in [3.8, 4) is 0 Å². The van der Waals surface area contributed by atoms with Crippen LogP contribution in [0.2, 0.25) is 13.3 Å². The average molecular weight is 425 g/mol. The molecule has 0 unspecified atom stereocenters. The molecule has 0 aromatic carbocycles. The standard InChI is InChI=1S/C7H7N2O.3C4H9.Sn/c1-8-7(10)6-3-2-4-9-5-6;3*1-3-4-2;/h2-3,5H,1H3,(H,8,10);3*1,3-4H2,2H3;. The number of aromatic nitrogens is 1.